The Labute approximate surface area is 160 Å². The number of anilines is 1. The molecular weight excluding hydrogens is 336 g/mol. The fourth-order valence-corrected chi connectivity index (χ4v) is 4.37. The van der Waals surface area contributed by atoms with E-state index in [1.807, 2.05) is 24.3 Å². The number of methoxy groups -OCH3 is 1. The van der Waals surface area contributed by atoms with E-state index in [9.17, 15) is 4.79 Å². The number of rotatable bonds is 4. The van der Waals surface area contributed by atoms with Gasteiger partial charge in [0.1, 0.15) is 11.4 Å². The number of nitrogens with one attached hydrogen (secondary N) is 1. The van der Waals surface area contributed by atoms with Crippen LogP contribution >= 0.6 is 0 Å². The van der Waals surface area contributed by atoms with Gasteiger partial charge < -0.3 is 15.0 Å². The molecule has 27 heavy (non-hydrogen) atoms. The van der Waals surface area contributed by atoms with Gasteiger partial charge in [-0.25, -0.2) is 0 Å². The topological polar surface area (TPSA) is 41.6 Å². The molecule has 1 N–H and O–H groups in total. The van der Waals surface area contributed by atoms with Crippen LogP contribution in [0.5, 0.6) is 5.75 Å². The van der Waals surface area contributed by atoms with E-state index in [0.717, 1.165) is 23.4 Å². The van der Waals surface area contributed by atoms with Gasteiger partial charge in [-0.05, 0) is 47.4 Å². The van der Waals surface area contributed by atoms with Crippen molar-refractivity contribution in [2.45, 2.75) is 38.3 Å². The van der Waals surface area contributed by atoms with Crippen molar-refractivity contribution in [1.29, 1.82) is 0 Å². The van der Waals surface area contributed by atoms with Gasteiger partial charge in [0, 0.05) is 11.1 Å². The number of benzene rings is 2. The Balaban J connectivity index is 1.78. The summed E-state index contributed by atoms with van der Waals surface area (Å²) in [5.74, 6) is 0.898. The SMILES string of the molecule is CCc1ccc2c(c1)C(C)(C)[C@]1(/C=C/c3ccc(OC)cc3)NC(=O)CN21. The summed E-state index contributed by atoms with van der Waals surface area (Å²) in [7, 11) is 1.67. The molecule has 1 atom stereocenters. The quantitative estimate of drug-likeness (QED) is 0.897. The highest BCUT2D eigenvalue weighted by Crippen LogP contribution is 2.53. The first-order valence-electron chi connectivity index (χ1n) is 9.46. The molecule has 0 radical (unpaired) electrons. The fraction of sp³-hybridized carbons (Fsp3) is 0.348. The normalized spacial score (nSPS) is 22.7. The van der Waals surface area contributed by atoms with E-state index in [1.165, 1.54) is 11.1 Å². The molecule has 4 nitrogen and oxygen atoms in total. The van der Waals surface area contributed by atoms with E-state index in [1.54, 1.807) is 7.11 Å². The van der Waals surface area contributed by atoms with Gasteiger partial charge in [0.25, 0.3) is 0 Å². The van der Waals surface area contributed by atoms with Crippen LogP contribution in [-0.2, 0) is 16.6 Å². The summed E-state index contributed by atoms with van der Waals surface area (Å²) >= 11 is 0. The summed E-state index contributed by atoms with van der Waals surface area (Å²) in [6, 6.07) is 14.6. The van der Waals surface area contributed by atoms with Crippen LogP contribution in [0.4, 0.5) is 5.69 Å². The van der Waals surface area contributed by atoms with E-state index >= 15 is 0 Å². The number of carbonyl (C=O) groups is 1. The second-order valence-electron chi connectivity index (χ2n) is 7.84. The number of hydrogen-bond donors (Lipinski definition) is 1. The first-order valence-corrected chi connectivity index (χ1v) is 9.46. The summed E-state index contributed by atoms with van der Waals surface area (Å²) in [5.41, 5.74) is 4.04. The van der Waals surface area contributed by atoms with Crippen LogP contribution in [0.2, 0.25) is 0 Å². The molecule has 1 fully saturated rings. The molecule has 0 aliphatic carbocycles. The van der Waals surface area contributed by atoms with Gasteiger partial charge in [-0.3, -0.25) is 4.79 Å². The number of fused-ring (bicyclic) bond motifs is 3. The number of amides is 1. The lowest BCUT2D eigenvalue weighted by Crippen LogP contribution is -2.58. The van der Waals surface area contributed by atoms with E-state index in [4.69, 9.17) is 4.74 Å². The number of aryl methyl sites for hydroxylation is 1. The predicted molar refractivity (Wildman–Crippen MR) is 109 cm³/mol. The maximum atomic E-state index is 12.4. The van der Waals surface area contributed by atoms with Crippen LogP contribution in [-0.4, -0.2) is 25.2 Å². The fourth-order valence-electron chi connectivity index (χ4n) is 4.37. The molecule has 2 aliphatic heterocycles. The van der Waals surface area contributed by atoms with Gasteiger partial charge >= 0.3 is 0 Å². The Hall–Kier alpha value is -2.75. The summed E-state index contributed by atoms with van der Waals surface area (Å²) in [5, 5.41) is 3.27. The van der Waals surface area contributed by atoms with Crippen molar-refractivity contribution in [3.63, 3.8) is 0 Å². The Morgan fingerprint density at radius 1 is 1.19 bits per heavy atom. The molecule has 4 rings (SSSR count). The molecule has 2 aromatic carbocycles. The third-order valence-corrected chi connectivity index (χ3v) is 6.08. The average Bonchev–Trinajstić information content (AvgIpc) is 3.11. The zero-order valence-corrected chi connectivity index (χ0v) is 16.4. The number of ether oxygens (including phenoxy) is 1. The van der Waals surface area contributed by atoms with Crippen LogP contribution in [0, 0.1) is 0 Å². The van der Waals surface area contributed by atoms with E-state index in [0.29, 0.717) is 6.54 Å². The van der Waals surface area contributed by atoms with Crippen molar-refractivity contribution >= 4 is 17.7 Å². The maximum Gasteiger partial charge on any atom is 0.241 e. The smallest absolute Gasteiger partial charge is 0.241 e. The summed E-state index contributed by atoms with van der Waals surface area (Å²) in [4.78, 5) is 14.6. The van der Waals surface area contributed by atoms with Gasteiger partial charge in [0.15, 0.2) is 0 Å². The first kappa shape index (κ1) is 17.7. The van der Waals surface area contributed by atoms with Gasteiger partial charge in [-0.2, -0.15) is 0 Å². The van der Waals surface area contributed by atoms with Gasteiger partial charge in [0.2, 0.25) is 5.91 Å². The summed E-state index contributed by atoms with van der Waals surface area (Å²) < 4.78 is 5.24. The number of carbonyl (C=O) groups excluding carboxylic acids is 1. The molecular formula is C23H26N2O2. The second kappa shape index (κ2) is 6.15. The largest absolute Gasteiger partial charge is 0.497 e. The number of hydrogen-bond acceptors (Lipinski definition) is 3. The monoisotopic (exact) mass is 362 g/mol. The highest BCUT2D eigenvalue weighted by Gasteiger charge is 2.59. The van der Waals surface area contributed by atoms with Crippen LogP contribution in [0.3, 0.4) is 0 Å². The predicted octanol–water partition coefficient (Wildman–Crippen LogP) is 3.89. The van der Waals surface area contributed by atoms with Crippen molar-refractivity contribution in [3.05, 3.63) is 65.2 Å². The van der Waals surface area contributed by atoms with Crippen molar-refractivity contribution in [1.82, 2.24) is 5.32 Å². The molecule has 2 aliphatic rings. The van der Waals surface area contributed by atoms with Crippen LogP contribution in [0.25, 0.3) is 6.08 Å². The third kappa shape index (κ3) is 2.54. The lowest BCUT2D eigenvalue weighted by Gasteiger charge is -2.40. The van der Waals surface area contributed by atoms with Crippen molar-refractivity contribution in [3.8, 4) is 5.75 Å². The zero-order chi connectivity index (χ0) is 19.2. The Morgan fingerprint density at radius 2 is 1.93 bits per heavy atom. The minimum absolute atomic E-state index is 0.0627. The zero-order valence-electron chi connectivity index (χ0n) is 16.4. The molecule has 0 aromatic heterocycles. The van der Waals surface area contributed by atoms with Crippen molar-refractivity contribution in [2.24, 2.45) is 0 Å². The molecule has 0 spiro atoms. The minimum Gasteiger partial charge on any atom is -0.497 e. The van der Waals surface area contributed by atoms with Gasteiger partial charge in [-0.1, -0.05) is 51.1 Å². The van der Waals surface area contributed by atoms with Crippen LogP contribution in [0.15, 0.2) is 48.5 Å². The van der Waals surface area contributed by atoms with Crippen molar-refractivity contribution < 1.29 is 9.53 Å². The van der Waals surface area contributed by atoms with Gasteiger partial charge in [0.05, 0.1) is 13.7 Å². The Morgan fingerprint density at radius 3 is 2.59 bits per heavy atom. The first-order chi connectivity index (χ1) is 12.9. The van der Waals surface area contributed by atoms with Crippen LogP contribution in [0.1, 0.15) is 37.5 Å². The van der Waals surface area contributed by atoms with E-state index in [2.05, 4.69) is 61.3 Å². The molecule has 2 heterocycles. The summed E-state index contributed by atoms with van der Waals surface area (Å²) in [6.07, 6.45) is 5.24. The maximum absolute atomic E-state index is 12.4. The molecule has 0 bridgehead atoms. The molecule has 0 saturated carbocycles. The summed E-state index contributed by atoms with van der Waals surface area (Å²) in [6.45, 7) is 6.99. The van der Waals surface area contributed by atoms with Gasteiger partial charge in [-0.15, -0.1) is 0 Å². The number of nitrogens with zero attached hydrogens (tertiary/aromatic N) is 1. The minimum atomic E-state index is -0.557. The second-order valence-corrected chi connectivity index (χ2v) is 7.84. The van der Waals surface area contributed by atoms with E-state index < -0.39 is 5.66 Å². The molecule has 2 aromatic rings. The molecule has 4 heteroatoms. The molecule has 140 valence electrons. The lowest BCUT2D eigenvalue weighted by molar-refractivity contribution is -0.118. The molecule has 1 amide bonds. The molecule has 1 saturated heterocycles. The molecule has 0 unspecified atom stereocenters. The Kier molecular flexibility index (Phi) is 4.02. The van der Waals surface area contributed by atoms with E-state index in [-0.39, 0.29) is 11.3 Å². The average molecular weight is 362 g/mol. The highest BCUT2D eigenvalue weighted by atomic mass is 16.5. The third-order valence-electron chi connectivity index (χ3n) is 6.08. The Bertz CT molecular complexity index is 914. The van der Waals surface area contributed by atoms with Crippen LogP contribution < -0.4 is 15.0 Å². The van der Waals surface area contributed by atoms with Crippen molar-refractivity contribution in [2.75, 3.05) is 18.6 Å². The lowest BCUT2D eigenvalue weighted by atomic mass is 9.75. The highest BCUT2D eigenvalue weighted by molar-refractivity contribution is 5.91. The standard InChI is InChI=1S/C23H26N2O2/c1-5-16-8-11-20-19(14-16)22(2,3)23(24-21(26)15-25(20)23)13-12-17-6-9-18(27-4)10-7-17/h6-14H,5,15H2,1-4H3,(H,24,26)/b13-12+/t23-/m1/s1.